The SMILES string of the molecule is COc1ccccc1CN1CCN(C(=O)C2CCCCC2(C)N)CC1.Cl.Cl. The quantitative estimate of drug-likeness (QED) is 0.817. The van der Waals surface area contributed by atoms with Gasteiger partial charge in [-0.25, -0.2) is 0 Å². The van der Waals surface area contributed by atoms with Crippen LogP contribution in [0.2, 0.25) is 0 Å². The van der Waals surface area contributed by atoms with Crippen molar-refractivity contribution in [2.45, 2.75) is 44.7 Å². The van der Waals surface area contributed by atoms with Gasteiger partial charge >= 0.3 is 0 Å². The van der Waals surface area contributed by atoms with Crippen molar-refractivity contribution < 1.29 is 9.53 Å². The van der Waals surface area contributed by atoms with Gasteiger partial charge in [0.15, 0.2) is 0 Å². The van der Waals surface area contributed by atoms with Gasteiger partial charge in [-0.15, -0.1) is 24.8 Å². The Bertz CT molecular complexity index is 605. The maximum atomic E-state index is 12.9. The first-order valence-corrected chi connectivity index (χ1v) is 9.43. The number of hydrogen-bond donors (Lipinski definition) is 1. The van der Waals surface area contributed by atoms with Crippen molar-refractivity contribution >= 4 is 30.7 Å². The van der Waals surface area contributed by atoms with Crippen LogP contribution < -0.4 is 10.5 Å². The lowest BCUT2D eigenvalue weighted by Crippen LogP contribution is -2.57. The third kappa shape index (κ3) is 5.74. The van der Waals surface area contributed by atoms with Gasteiger partial charge in [-0.1, -0.05) is 31.0 Å². The molecule has 0 aromatic heterocycles. The molecule has 1 heterocycles. The molecule has 5 nitrogen and oxygen atoms in total. The molecule has 7 heteroatoms. The summed E-state index contributed by atoms with van der Waals surface area (Å²) in [4.78, 5) is 17.4. The number of hydrogen-bond acceptors (Lipinski definition) is 4. The number of nitrogens with zero attached hydrogens (tertiary/aromatic N) is 2. The predicted octanol–water partition coefficient (Wildman–Crippen LogP) is 3.09. The summed E-state index contributed by atoms with van der Waals surface area (Å²) in [5, 5.41) is 0. The average molecular weight is 418 g/mol. The molecule has 2 N–H and O–H groups in total. The van der Waals surface area contributed by atoms with Crippen LogP contribution in [0.4, 0.5) is 0 Å². The number of nitrogens with two attached hydrogens (primary N) is 1. The molecule has 154 valence electrons. The van der Waals surface area contributed by atoms with Gasteiger partial charge in [0, 0.05) is 43.8 Å². The standard InChI is InChI=1S/C20H31N3O2.2ClH/c1-20(21)10-6-5-8-17(20)19(24)23-13-11-22(12-14-23)15-16-7-3-4-9-18(16)25-2;;/h3-4,7,9,17H,5-6,8,10-15,21H2,1-2H3;2*1H. The lowest BCUT2D eigenvalue weighted by Gasteiger charge is -2.42. The van der Waals surface area contributed by atoms with Crippen molar-refractivity contribution in [3.8, 4) is 5.75 Å². The fourth-order valence-corrected chi connectivity index (χ4v) is 4.19. The first kappa shape index (κ1) is 24.0. The summed E-state index contributed by atoms with van der Waals surface area (Å²) in [6.45, 7) is 6.30. The van der Waals surface area contributed by atoms with Crippen molar-refractivity contribution in [3.05, 3.63) is 29.8 Å². The number of carbonyl (C=O) groups is 1. The van der Waals surface area contributed by atoms with E-state index in [2.05, 4.69) is 11.0 Å². The molecule has 1 saturated heterocycles. The molecule has 2 atom stereocenters. The van der Waals surface area contributed by atoms with Crippen LogP contribution in [0.1, 0.15) is 38.2 Å². The summed E-state index contributed by atoms with van der Waals surface area (Å²) < 4.78 is 5.44. The first-order valence-electron chi connectivity index (χ1n) is 9.43. The Morgan fingerprint density at radius 1 is 1.19 bits per heavy atom. The highest BCUT2D eigenvalue weighted by atomic mass is 35.5. The van der Waals surface area contributed by atoms with Crippen LogP contribution in [0.15, 0.2) is 24.3 Å². The maximum absolute atomic E-state index is 12.9. The minimum atomic E-state index is -0.343. The van der Waals surface area contributed by atoms with Crippen molar-refractivity contribution in [2.24, 2.45) is 11.7 Å². The van der Waals surface area contributed by atoms with Gasteiger partial charge in [-0.3, -0.25) is 9.69 Å². The van der Waals surface area contributed by atoms with Gasteiger partial charge in [0.2, 0.25) is 5.91 Å². The number of methoxy groups -OCH3 is 1. The van der Waals surface area contributed by atoms with Crippen molar-refractivity contribution in [1.29, 1.82) is 0 Å². The normalized spacial score (nSPS) is 25.9. The smallest absolute Gasteiger partial charge is 0.227 e. The number of piperazine rings is 1. The van der Waals surface area contributed by atoms with Crippen LogP contribution >= 0.6 is 24.8 Å². The lowest BCUT2D eigenvalue weighted by molar-refractivity contribution is -0.140. The fraction of sp³-hybridized carbons (Fsp3) is 0.650. The molecule has 0 radical (unpaired) electrons. The number of para-hydroxylation sites is 1. The molecular formula is C20H33Cl2N3O2. The average Bonchev–Trinajstić information content (AvgIpc) is 2.62. The topological polar surface area (TPSA) is 58.8 Å². The number of amides is 1. The van der Waals surface area contributed by atoms with Crippen LogP contribution in [-0.2, 0) is 11.3 Å². The fourth-order valence-electron chi connectivity index (χ4n) is 4.19. The predicted molar refractivity (Wildman–Crippen MR) is 114 cm³/mol. The van der Waals surface area contributed by atoms with E-state index in [1.54, 1.807) is 7.11 Å². The van der Waals surface area contributed by atoms with Crippen LogP contribution in [0, 0.1) is 5.92 Å². The van der Waals surface area contributed by atoms with Gasteiger partial charge in [0.1, 0.15) is 5.75 Å². The minimum absolute atomic E-state index is 0. The lowest BCUT2D eigenvalue weighted by atomic mass is 9.74. The number of ether oxygens (including phenoxy) is 1. The Labute approximate surface area is 175 Å². The highest BCUT2D eigenvalue weighted by Gasteiger charge is 2.40. The van der Waals surface area contributed by atoms with E-state index in [1.807, 2.05) is 30.0 Å². The molecule has 1 aromatic rings. The van der Waals surface area contributed by atoms with Gasteiger partial charge < -0.3 is 15.4 Å². The second kappa shape index (κ2) is 10.5. The van der Waals surface area contributed by atoms with Gasteiger partial charge in [-0.2, -0.15) is 0 Å². The molecule has 2 unspecified atom stereocenters. The second-order valence-corrected chi connectivity index (χ2v) is 7.72. The monoisotopic (exact) mass is 417 g/mol. The highest BCUT2D eigenvalue weighted by molar-refractivity contribution is 5.85. The van der Waals surface area contributed by atoms with E-state index in [9.17, 15) is 4.79 Å². The Balaban J connectivity index is 0.00000182. The molecule has 0 spiro atoms. The summed E-state index contributed by atoms with van der Waals surface area (Å²) in [5.74, 6) is 1.19. The van der Waals surface area contributed by atoms with E-state index in [4.69, 9.17) is 10.5 Å². The number of rotatable bonds is 4. The Hall–Kier alpha value is -1.01. The Kier molecular flexibility index (Phi) is 9.35. The van der Waals surface area contributed by atoms with Crippen LogP contribution in [0.25, 0.3) is 0 Å². The summed E-state index contributed by atoms with van der Waals surface area (Å²) >= 11 is 0. The summed E-state index contributed by atoms with van der Waals surface area (Å²) in [6.07, 6.45) is 4.16. The Morgan fingerprint density at radius 2 is 1.85 bits per heavy atom. The molecule has 1 aliphatic carbocycles. The Morgan fingerprint density at radius 3 is 2.48 bits per heavy atom. The summed E-state index contributed by atoms with van der Waals surface area (Å²) in [5.41, 5.74) is 7.28. The minimum Gasteiger partial charge on any atom is -0.496 e. The first-order chi connectivity index (χ1) is 12.0. The van der Waals surface area contributed by atoms with E-state index < -0.39 is 0 Å². The molecule has 1 amide bonds. The van der Waals surface area contributed by atoms with Gasteiger partial charge in [-0.05, 0) is 25.8 Å². The van der Waals surface area contributed by atoms with Crippen molar-refractivity contribution in [2.75, 3.05) is 33.3 Å². The molecule has 1 saturated carbocycles. The van der Waals surface area contributed by atoms with Crippen LogP contribution in [0.3, 0.4) is 0 Å². The van der Waals surface area contributed by atoms with E-state index in [-0.39, 0.29) is 42.2 Å². The van der Waals surface area contributed by atoms with Crippen molar-refractivity contribution in [3.63, 3.8) is 0 Å². The number of carbonyl (C=O) groups excluding carboxylic acids is 1. The number of benzene rings is 1. The molecule has 2 fully saturated rings. The zero-order valence-corrected chi connectivity index (χ0v) is 18.0. The van der Waals surface area contributed by atoms with Gasteiger partial charge in [0.25, 0.3) is 0 Å². The van der Waals surface area contributed by atoms with Gasteiger partial charge in [0.05, 0.1) is 13.0 Å². The largest absolute Gasteiger partial charge is 0.496 e. The molecule has 27 heavy (non-hydrogen) atoms. The van der Waals surface area contributed by atoms with Crippen LogP contribution in [-0.4, -0.2) is 54.5 Å². The highest BCUT2D eigenvalue weighted by Crippen LogP contribution is 2.33. The van der Waals surface area contributed by atoms with E-state index in [0.717, 1.165) is 64.2 Å². The zero-order chi connectivity index (χ0) is 17.9. The summed E-state index contributed by atoms with van der Waals surface area (Å²) in [6, 6.07) is 8.15. The van der Waals surface area contributed by atoms with Crippen molar-refractivity contribution in [1.82, 2.24) is 9.80 Å². The second-order valence-electron chi connectivity index (χ2n) is 7.72. The summed E-state index contributed by atoms with van der Waals surface area (Å²) in [7, 11) is 1.71. The van der Waals surface area contributed by atoms with E-state index in [0.29, 0.717) is 0 Å². The molecular weight excluding hydrogens is 385 g/mol. The zero-order valence-electron chi connectivity index (χ0n) is 16.4. The molecule has 0 bridgehead atoms. The molecule has 2 aliphatic rings. The molecule has 1 aromatic carbocycles. The molecule has 1 aliphatic heterocycles. The number of halogens is 2. The maximum Gasteiger partial charge on any atom is 0.227 e. The molecule has 3 rings (SSSR count). The van der Waals surface area contributed by atoms with E-state index >= 15 is 0 Å². The van der Waals surface area contributed by atoms with E-state index in [1.165, 1.54) is 5.56 Å². The third-order valence-electron chi connectivity index (χ3n) is 5.82. The third-order valence-corrected chi connectivity index (χ3v) is 5.82. The van der Waals surface area contributed by atoms with Crippen LogP contribution in [0.5, 0.6) is 5.75 Å².